The molecule has 176 valence electrons. The van der Waals surface area contributed by atoms with Crippen LogP contribution in [-0.2, 0) is 24.3 Å². The highest BCUT2D eigenvalue weighted by atomic mass is 19.1. The minimum absolute atomic E-state index is 0.0346. The van der Waals surface area contributed by atoms with Crippen molar-refractivity contribution in [2.75, 3.05) is 5.32 Å². The number of rotatable bonds is 7. The zero-order valence-electron chi connectivity index (χ0n) is 20.0. The van der Waals surface area contributed by atoms with E-state index in [0.29, 0.717) is 17.0 Å². The Bertz CT molecular complexity index is 1360. The second-order valence-electron chi connectivity index (χ2n) is 8.91. The van der Waals surface area contributed by atoms with Crippen LogP contribution in [0, 0.1) is 26.2 Å². The lowest BCUT2D eigenvalue weighted by Crippen LogP contribution is -2.27. The number of aromatic nitrogens is 3. The number of halogens is 1. The van der Waals surface area contributed by atoms with Crippen LogP contribution in [0.25, 0.3) is 4.85 Å². The van der Waals surface area contributed by atoms with Crippen LogP contribution in [-0.4, -0.2) is 31.8 Å². The van der Waals surface area contributed by atoms with Crippen LogP contribution in [0.1, 0.15) is 58.1 Å². The molecule has 0 radical (unpaired) electrons. The van der Waals surface area contributed by atoms with E-state index in [0.717, 1.165) is 6.07 Å². The summed E-state index contributed by atoms with van der Waals surface area (Å²) in [6.45, 7) is 14.0. The Hall–Kier alpha value is -4.06. The number of nitrogens with one attached hydrogen (secondary N) is 1. The van der Waals surface area contributed by atoms with Crippen LogP contribution in [0.4, 0.5) is 15.8 Å². The van der Waals surface area contributed by atoms with Gasteiger partial charge in [-0.1, -0.05) is 13.8 Å². The van der Waals surface area contributed by atoms with E-state index in [4.69, 9.17) is 6.57 Å². The van der Waals surface area contributed by atoms with Crippen molar-refractivity contribution < 1.29 is 18.8 Å². The molecule has 0 unspecified atom stereocenters. The first kappa shape index (κ1) is 24.6. The minimum Gasteiger partial charge on any atom is -0.343 e. The lowest BCUT2D eigenvalue weighted by Gasteiger charge is -2.21. The molecule has 0 atom stereocenters. The standard InChI is InChI=1S/C25H26FN5O3/c1-14-21(23(33)19(32)13-25(3,4)20-10-11-30(6)29-20)15(2)31(7)22(14)24(34)28-16-8-9-17(26)18(12-16)27-5/h8-12H,13H2,1-4,6-7H3,(H,28,34). The summed E-state index contributed by atoms with van der Waals surface area (Å²) in [4.78, 5) is 42.2. The Kier molecular flexibility index (Phi) is 6.55. The molecule has 3 rings (SSSR count). The van der Waals surface area contributed by atoms with Gasteiger partial charge in [0.1, 0.15) is 11.5 Å². The van der Waals surface area contributed by atoms with E-state index >= 15 is 0 Å². The number of aryl methyl sites for hydroxylation is 1. The second-order valence-corrected chi connectivity index (χ2v) is 8.91. The quantitative estimate of drug-likeness (QED) is 0.319. The molecular weight excluding hydrogens is 437 g/mol. The van der Waals surface area contributed by atoms with Crippen LogP contribution >= 0.6 is 0 Å². The molecule has 2 heterocycles. The maximum atomic E-state index is 13.6. The van der Waals surface area contributed by atoms with Gasteiger partial charge in [0.25, 0.3) is 5.91 Å². The molecule has 1 amide bonds. The lowest BCUT2D eigenvalue weighted by atomic mass is 9.82. The van der Waals surface area contributed by atoms with Gasteiger partial charge in [0.2, 0.25) is 17.3 Å². The molecule has 8 nitrogen and oxygen atoms in total. The summed E-state index contributed by atoms with van der Waals surface area (Å²) in [6, 6.07) is 5.50. The summed E-state index contributed by atoms with van der Waals surface area (Å²) < 4.78 is 16.8. The van der Waals surface area contributed by atoms with Crippen LogP contribution in [0.5, 0.6) is 0 Å². The molecule has 0 saturated heterocycles. The number of carbonyl (C=O) groups excluding carboxylic acids is 3. The summed E-state index contributed by atoms with van der Waals surface area (Å²) in [6.07, 6.45) is 1.75. The normalized spacial score (nSPS) is 11.2. The molecular formula is C25H26FN5O3. The van der Waals surface area contributed by atoms with Gasteiger partial charge in [0, 0.05) is 43.5 Å². The molecule has 0 saturated carbocycles. The van der Waals surface area contributed by atoms with Crippen LogP contribution in [0.3, 0.4) is 0 Å². The zero-order valence-corrected chi connectivity index (χ0v) is 20.0. The maximum absolute atomic E-state index is 13.6. The van der Waals surface area contributed by atoms with Gasteiger partial charge >= 0.3 is 0 Å². The molecule has 0 aliphatic rings. The number of nitrogens with zero attached hydrogens (tertiary/aromatic N) is 4. The van der Waals surface area contributed by atoms with Crippen LogP contribution in [0.15, 0.2) is 30.5 Å². The fourth-order valence-corrected chi connectivity index (χ4v) is 3.99. The van der Waals surface area contributed by atoms with E-state index < -0.39 is 28.7 Å². The summed E-state index contributed by atoms with van der Waals surface area (Å²) in [7, 11) is 3.41. The molecule has 0 aliphatic heterocycles. The van der Waals surface area contributed by atoms with Crippen LogP contribution < -0.4 is 5.32 Å². The Morgan fingerprint density at radius 3 is 2.44 bits per heavy atom. The van der Waals surface area contributed by atoms with Gasteiger partial charge in [0.15, 0.2) is 0 Å². The fraction of sp³-hybridized carbons (Fsp3) is 0.320. The third-order valence-electron chi connectivity index (χ3n) is 5.96. The van der Waals surface area contributed by atoms with E-state index in [2.05, 4.69) is 15.3 Å². The Labute approximate surface area is 197 Å². The first-order valence-corrected chi connectivity index (χ1v) is 10.6. The number of amides is 1. The number of hydrogen-bond donors (Lipinski definition) is 1. The van der Waals surface area contributed by atoms with Crippen molar-refractivity contribution in [3.8, 4) is 0 Å². The summed E-state index contributed by atoms with van der Waals surface area (Å²) in [5.74, 6) is -2.45. The second kappa shape index (κ2) is 9.06. The van der Waals surface area contributed by atoms with Gasteiger partial charge in [-0.2, -0.15) is 5.10 Å². The Morgan fingerprint density at radius 1 is 1.18 bits per heavy atom. The molecule has 2 aromatic heterocycles. The van der Waals surface area contributed by atoms with Gasteiger partial charge in [-0.15, -0.1) is 0 Å². The predicted octanol–water partition coefficient (Wildman–Crippen LogP) is 4.44. The van der Waals surface area contributed by atoms with E-state index in [1.807, 2.05) is 19.9 Å². The van der Waals surface area contributed by atoms with Crippen molar-refractivity contribution in [3.63, 3.8) is 0 Å². The number of Topliss-reactive ketones (excluding diaryl/α,β-unsaturated/α-hetero) is 2. The highest BCUT2D eigenvalue weighted by Gasteiger charge is 2.33. The van der Waals surface area contributed by atoms with E-state index in [1.54, 1.807) is 43.4 Å². The molecule has 3 aromatic rings. The van der Waals surface area contributed by atoms with E-state index in [9.17, 15) is 18.8 Å². The Balaban J connectivity index is 1.88. The Morgan fingerprint density at radius 2 is 1.85 bits per heavy atom. The highest BCUT2D eigenvalue weighted by molar-refractivity contribution is 6.44. The molecule has 1 aromatic carbocycles. The first-order chi connectivity index (χ1) is 15.9. The third-order valence-corrected chi connectivity index (χ3v) is 5.96. The number of carbonyl (C=O) groups is 3. The molecule has 34 heavy (non-hydrogen) atoms. The van der Waals surface area contributed by atoms with E-state index in [-0.39, 0.29) is 29.1 Å². The molecule has 0 aliphatic carbocycles. The summed E-state index contributed by atoms with van der Waals surface area (Å²) in [5, 5.41) is 6.99. The van der Waals surface area contributed by atoms with Crippen molar-refractivity contribution in [1.82, 2.24) is 14.3 Å². The third kappa shape index (κ3) is 4.53. The van der Waals surface area contributed by atoms with Crippen molar-refractivity contribution in [3.05, 3.63) is 75.9 Å². The fourth-order valence-electron chi connectivity index (χ4n) is 3.99. The van der Waals surface area contributed by atoms with Gasteiger partial charge in [-0.25, -0.2) is 9.24 Å². The minimum atomic E-state index is -0.682. The molecule has 1 N–H and O–H groups in total. The van der Waals surface area contributed by atoms with Crippen molar-refractivity contribution in [2.24, 2.45) is 14.1 Å². The zero-order chi connectivity index (χ0) is 25.4. The van der Waals surface area contributed by atoms with Crippen molar-refractivity contribution in [1.29, 1.82) is 0 Å². The average molecular weight is 464 g/mol. The topological polar surface area (TPSA) is 90.3 Å². The van der Waals surface area contributed by atoms with Gasteiger partial charge in [-0.05, 0) is 43.7 Å². The molecule has 0 fully saturated rings. The highest BCUT2D eigenvalue weighted by Crippen LogP contribution is 2.29. The first-order valence-electron chi connectivity index (χ1n) is 10.6. The van der Waals surface area contributed by atoms with Crippen LogP contribution in [0.2, 0.25) is 0 Å². The lowest BCUT2D eigenvalue weighted by molar-refractivity contribution is -0.116. The van der Waals surface area contributed by atoms with Gasteiger partial charge in [-0.3, -0.25) is 19.1 Å². The van der Waals surface area contributed by atoms with E-state index in [1.165, 1.54) is 12.1 Å². The van der Waals surface area contributed by atoms with Gasteiger partial charge < -0.3 is 9.88 Å². The predicted molar refractivity (Wildman–Crippen MR) is 126 cm³/mol. The number of ketones is 2. The molecule has 9 heteroatoms. The average Bonchev–Trinajstić information content (AvgIpc) is 3.30. The summed E-state index contributed by atoms with van der Waals surface area (Å²) >= 11 is 0. The monoisotopic (exact) mass is 463 g/mol. The summed E-state index contributed by atoms with van der Waals surface area (Å²) in [5.41, 5.74) is 1.34. The maximum Gasteiger partial charge on any atom is 0.272 e. The van der Waals surface area contributed by atoms with Gasteiger partial charge in [0.05, 0.1) is 17.8 Å². The molecule has 0 bridgehead atoms. The number of hydrogen-bond acceptors (Lipinski definition) is 4. The van der Waals surface area contributed by atoms with Crippen molar-refractivity contribution >= 4 is 28.8 Å². The SMILES string of the molecule is [C-]#[N+]c1cc(NC(=O)c2c(C)c(C(=O)C(=O)CC(C)(C)c3ccn(C)n3)c(C)n2C)ccc1F. The smallest absolute Gasteiger partial charge is 0.272 e. The van der Waals surface area contributed by atoms with Crippen molar-refractivity contribution in [2.45, 2.75) is 39.5 Å². The molecule has 0 spiro atoms. The number of benzene rings is 1. The largest absolute Gasteiger partial charge is 0.343 e. The number of anilines is 1.